The lowest BCUT2D eigenvalue weighted by atomic mass is 10.1. The zero-order valence-electron chi connectivity index (χ0n) is 16.4. The van der Waals surface area contributed by atoms with Crippen molar-refractivity contribution < 1.29 is 17.9 Å². The highest BCUT2D eigenvalue weighted by Crippen LogP contribution is 2.23. The number of benzene rings is 2. The first-order valence-electron chi connectivity index (χ1n) is 9.42. The largest absolute Gasteiger partial charge is 0.481 e. The number of sulfonamides is 1. The summed E-state index contributed by atoms with van der Waals surface area (Å²) >= 11 is 0. The van der Waals surface area contributed by atoms with Crippen LogP contribution in [0.5, 0.6) is 5.75 Å². The van der Waals surface area contributed by atoms with Gasteiger partial charge < -0.3 is 10.1 Å². The van der Waals surface area contributed by atoms with Crippen LogP contribution in [-0.4, -0.2) is 37.8 Å². The molecule has 2 aromatic carbocycles. The Balaban J connectivity index is 1.63. The van der Waals surface area contributed by atoms with Crippen molar-refractivity contribution >= 4 is 21.6 Å². The third-order valence-electron chi connectivity index (χ3n) is 4.70. The number of amides is 1. The van der Waals surface area contributed by atoms with Gasteiger partial charge in [-0.25, -0.2) is 8.42 Å². The summed E-state index contributed by atoms with van der Waals surface area (Å²) in [6.45, 7) is 6.76. The van der Waals surface area contributed by atoms with Gasteiger partial charge in [0.05, 0.1) is 4.90 Å². The minimum atomic E-state index is -3.45. The molecule has 0 unspecified atom stereocenters. The molecule has 0 radical (unpaired) electrons. The quantitative estimate of drug-likeness (QED) is 0.802. The number of nitrogens with zero attached hydrogens (tertiary/aromatic N) is 1. The average molecular weight is 403 g/mol. The second-order valence-electron chi connectivity index (χ2n) is 7.21. The van der Waals surface area contributed by atoms with Gasteiger partial charge in [-0.05, 0) is 81.1 Å². The van der Waals surface area contributed by atoms with Gasteiger partial charge in [0.2, 0.25) is 10.0 Å². The van der Waals surface area contributed by atoms with Crippen LogP contribution in [0.1, 0.15) is 30.9 Å². The molecule has 1 fully saturated rings. The molecule has 0 saturated carbocycles. The SMILES string of the molecule is Cc1cc(C)cc(O[C@@H](C)C(=O)Nc2ccc(S(=O)(=O)N3CCCC3)cc2)c1. The summed E-state index contributed by atoms with van der Waals surface area (Å²) in [7, 11) is -3.45. The van der Waals surface area contributed by atoms with Crippen LogP contribution in [0.15, 0.2) is 47.4 Å². The third-order valence-corrected chi connectivity index (χ3v) is 6.61. The van der Waals surface area contributed by atoms with Gasteiger partial charge in [-0.2, -0.15) is 4.31 Å². The van der Waals surface area contributed by atoms with Gasteiger partial charge in [0.1, 0.15) is 5.75 Å². The van der Waals surface area contributed by atoms with Gasteiger partial charge in [-0.3, -0.25) is 4.79 Å². The molecular weight excluding hydrogens is 376 g/mol. The highest BCUT2D eigenvalue weighted by atomic mass is 32.2. The van der Waals surface area contributed by atoms with E-state index < -0.39 is 16.1 Å². The number of hydrogen-bond acceptors (Lipinski definition) is 4. The van der Waals surface area contributed by atoms with Crippen molar-refractivity contribution in [2.75, 3.05) is 18.4 Å². The smallest absolute Gasteiger partial charge is 0.265 e. The Hall–Kier alpha value is -2.38. The second-order valence-corrected chi connectivity index (χ2v) is 9.15. The molecule has 1 atom stereocenters. The summed E-state index contributed by atoms with van der Waals surface area (Å²) in [5.41, 5.74) is 2.66. The van der Waals surface area contributed by atoms with Crippen LogP contribution in [0, 0.1) is 13.8 Å². The van der Waals surface area contributed by atoms with Crippen molar-refractivity contribution in [3.8, 4) is 5.75 Å². The van der Waals surface area contributed by atoms with E-state index in [1.165, 1.54) is 16.4 Å². The van der Waals surface area contributed by atoms with E-state index in [0.717, 1.165) is 24.0 Å². The summed E-state index contributed by atoms with van der Waals surface area (Å²) in [5, 5.41) is 2.77. The molecule has 0 aromatic heterocycles. The molecule has 7 heteroatoms. The zero-order valence-corrected chi connectivity index (χ0v) is 17.3. The Labute approximate surface area is 166 Å². The fraction of sp³-hybridized carbons (Fsp3) is 0.381. The standard InChI is InChI=1S/C21H26N2O4S/c1-15-12-16(2)14-19(13-15)27-17(3)21(24)22-18-6-8-20(9-7-18)28(25,26)23-10-4-5-11-23/h6-9,12-14,17H,4-5,10-11H2,1-3H3,(H,22,24)/t17-/m0/s1. The first-order chi connectivity index (χ1) is 13.3. The molecule has 0 bridgehead atoms. The van der Waals surface area contributed by atoms with Gasteiger partial charge in [-0.15, -0.1) is 0 Å². The second kappa shape index (κ2) is 8.32. The molecular formula is C21H26N2O4S. The first kappa shape index (κ1) is 20.4. The number of carbonyl (C=O) groups excluding carboxylic acids is 1. The monoisotopic (exact) mass is 402 g/mol. The van der Waals surface area contributed by atoms with Gasteiger partial charge in [0, 0.05) is 18.8 Å². The Morgan fingerprint density at radius 2 is 1.61 bits per heavy atom. The average Bonchev–Trinajstić information content (AvgIpc) is 3.16. The number of carbonyl (C=O) groups is 1. The van der Waals surface area contributed by atoms with Crippen molar-refractivity contribution in [2.45, 2.75) is 44.6 Å². The number of nitrogens with one attached hydrogen (secondary N) is 1. The lowest BCUT2D eigenvalue weighted by Gasteiger charge is -2.17. The van der Waals surface area contributed by atoms with Crippen molar-refractivity contribution in [3.05, 3.63) is 53.6 Å². The highest BCUT2D eigenvalue weighted by Gasteiger charge is 2.27. The molecule has 6 nitrogen and oxygen atoms in total. The minimum Gasteiger partial charge on any atom is -0.481 e. The van der Waals surface area contributed by atoms with Crippen LogP contribution >= 0.6 is 0 Å². The van der Waals surface area contributed by atoms with Crippen molar-refractivity contribution in [2.24, 2.45) is 0 Å². The van der Waals surface area contributed by atoms with Crippen LogP contribution < -0.4 is 10.1 Å². The maximum absolute atomic E-state index is 12.6. The molecule has 150 valence electrons. The summed E-state index contributed by atoms with van der Waals surface area (Å²) in [4.78, 5) is 12.7. The Kier molecular flexibility index (Phi) is 6.05. The minimum absolute atomic E-state index is 0.243. The van der Waals surface area contributed by atoms with Gasteiger partial charge in [-0.1, -0.05) is 6.07 Å². The summed E-state index contributed by atoms with van der Waals surface area (Å²) in [6, 6.07) is 12.1. The zero-order chi connectivity index (χ0) is 20.3. The van der Waals surface area contributed by atoms with Gasteiger partial charge in [0.25, 0.3) is 5.91 Å². The molecule has 1 aliphatic rings. The van der Waals surface area contributed by atoms with Crippen LogP contribution in [0.3, 0.4) is 0 Å². The molecule has 1 N–H and O–H groups in total. The van der Waals surface area contributed by atoms with E-state index in [-0.39, 0.29) is 10.8 Å². The number of ether oxygens (including phenoxy) is 1. The van der Waals surface area contributed by atoms with Crippen molar-refractivity contribution in [3.63, 3.8) is 0 Å². The summed E-state index contributed by atoms with van der Waals surface area (Å²) < 4.78 is 32.3. The predicted molar refractivity (Wildman–Crippen MR) is 109 cm³/mol. The lowest BCUT2D eigenvalue weighted by molar-refractivity contribution is -0.122. The normalized spacial score (nSPS) is 16.0. The first-order valence-corrected chi connectivity index (χ1v) is 10.9. The molecule has 1 amide bonds. The van der Waals surface area contributed by atoms with E-state index in [9.17, 15) is 13.2 Å². The van der Waals surface area contributed by atoms with Crippen LogP contribution in [-0.2, 0) is 14.8 Å². The fourth-order valence-electron chi connectivity index (χ4n) is 3.29. The molecule has 0 aliphatic carbocycles. The molecule has 2 aromatic rings. The van der Waals surface area contributed by atoms with E-state index in [4.69, 9.17) is 4.74 Å². The summed E-state index contributed by atoms with van der Waals surface area (Å²) in [6.07, 6.45) is 1.10. The fourth-order valence-corrected chi connectivity index (χ4v) is 4.81. The molecule has 3 rings (SSSR count). The lowest BCUT2D eigenvalue weighted by Crippen LogP contribution is -2.30. The van der Waals surface area contributed by atoms with E-state index in [0.29, 0.717) is 24.5 Å². The number of anilines is 1. The maximum Gasteiger partial charge on any atom is 0.265 e. The van der Waals surface area contributed by atoms with Crippen molar-refractivity contribution in [1.82, 2.24) is 4.31 Å². The van der Waals surface area contributed by atoms with E-state index >= 15 is 0 Å². The Bertz CT molecular complexity index is 929. The number of hydrogen-bond donors (Lipinski definition) is 1. The molecule has 28 heavy (non-hydrogen) atoms. The van der Waals surface area contributed by atoms with E-state index in [1.807, 2.05) is 32.0 Å². The molecule has 0 spiro atoms. The molecule has 1 saturated heterocycles. The van der Waals surface area contributed by atoms with Crippen LogP contribution in [0.2, 0.25) is 0 Å². The highest BCUT2D eigenvalue weighted by molar-refractivity contribution is 7.89. The Morgan fingerprint density at radius 3 is 2.18 bits per heavy atom. The molecule has 1 aliphatic heterocycles. The van der Waals surface area contributed by atoms with Crippen LogP contribution in [0.4, 0.5) is 5.69 Å². The molecule has 1 heterocycles. The maximum atomic E-state index is 12.6. The van der Waals surface area contributed by atoms with Crippen molar-refractivity contribution in [1.29, 1.82) is 0 Å². The third kappa shape index (κ3) is 4.72. The van der Waals surface area contributed by atoms with E-state index in [1.54, 1.807) is 19.1 Å². The summed E-state index contributed by atoms with van der Waals surface area (Å²) in [5.74, 6) is 0.349. The van der Waals surface area contributed by atoms with Gasteiger partial charge in [0.15, 0.2) is 6.10 Å². The Morgan fingerprint density at radius 1 is 1.04 bits per heavy atom. The van der Waals surface area contributed by atoms with Gasteiger partial charge >= 0.3 is 0 Å². The topological polar surface area (TPSA) is 75.7 Å². The number of aryl methyl sites for hydroxylation is 2. The van der Waals surface area contributed by atoms with Crippen LogP contribution in [0.25, 0.3) is 0 Å². The van der Waals surface area contributed by atoms with E-state index in [2.05, 4.69) is 5.32 Å². The number of rotatable bonds is 6. The predicted octanol–water partition coefficient (Wildman–Crippen LogP) is 3.49.